The topological polar surface area (TPSA) is 73.3 Å². The number of fused-ring (bicyclic) bond motifs is 1. The minimum absolute atomic E-state index is 0.129. The Morgan fingerprint density at radius 2 is 2.05 bits per heavy atom. The molecule has 0 amide bonds. The maximum atomic E-state index is 10.2. The summed E-state index contributed by atoms with van der Waals surface area (Å²) in [5, 5.41) is 10.2. The molecule has 0 aliphatic rings. The molecule has 0 spiro atoms. The number of ether oxygens (including phenoxy) is 1. The van der Waals surface area contributed by atoms with E-state index in [1.165, 1.54) is 6.07 Å². The molecule has 0 aliphatic heterocycles. The van der Waals surface area contributed by atoms with Crippen molar-refractivity contribution in [3.63, 3.8) is 0 Å². The fourth-order valence-electron chi connectivity index (χ4n) is 2.43. The van der Waals surface area contributed by atoms with Crippen LogP contribution in [0.4, 0.5) is 5.69 Å². The normalized spacial score (nSPS) is 11.1. The number of hydrogen-bond acceptors (Lipinski definition) is 4. The minimum atomic E-state index is 0.129. The van der Waals surface area contributed by atoms with Crippen molar-refractivity contribution in [3.8, 4) is 17.1 Å². The molecule has 0 saturated carbocycles. The number of benzene rings is 2. The summed E-state index contributed by atoms with van der Waals surface area (Å²) in [5.41, 5.74) is 8.78. The molecule has 3 N–H and O–H groups in total. The van der Waals surface area contributed by atoms with Crippen molar-refractivity contribution < 1.29 is 9.84 Å². The number of imidazole rings is 1. The first-order valence-corrected chi connectivity index (χ1v) is 6.74. The van der Waals surface area contributed by atoms with E-state index in [0.29, 0.717) is 30.2 Å². The molecule has 0 unspecified atom stereocenters. The maximum Gasteiger partial charge on any atom is 0.144 e. The largest absolute Gasteiger partial charge is 0.507 e. The molecule has 0 bridgehead atoms. The monoisotopic (exact) mass is 283 g/mol. The number of methoxy groups -OCH3 is 1. The van der Waals surface area contributed by atoms with Crippen molar-refractivity contribution in [1.82, 2.24) is 9.55 Å². The molecule has 2 aromatic carbocycles. The minimum Gasteiger partial charge on any atom is -0.507 e. The average Bonchev–Trinajstić information content (AvgIpc) is 2.83. The number of nitrogen functional groups attached to an aromatic ring is 1. The number of aromatic hydroxyl groups is 1. The van der Waals surface area contributed by atoms with E-state index in [-0.39, 0.29) is 5.75 Å². The van der Waals surface area contributed by atoms with Crippen LogP contribution in [0, 0.1) is 0 Å². The van der Waals surface area contributed by atoms with Crippen LogP contribution >= 0.6 is 0 Å². The summed E-state index contributed by atoms with van der Waals surface area (Å²) in [6, 6.07) is 13.0. The first kappa shape index (κ1) is 13.5. The fraction of sp³-hybridized carbons (Fsp3) is 0.188. The third-order valence-electron chi connectivity index (χ3n) is 3.44. The van der Waals surface area contributed by atoms with Gasteiger partial charge in [0.1, 0.15) is 11.6 Å². The second kappa shape index (κ2) is 5.46. The van der Waals surface area contributed by atoms with Gasteiger partial charge in [-0.2, -0.15) is 0 Å². The van der Waals surface area contributed by atoms with Crippen molar-refractivity contribution in [3.05, 3.63) is 42.5 Å². The highest BCUT2D eigenvalue weighted by molar-refractivity contribution is 5.82. The molecule has 0 radical (unpaired) electrons. The summed E-state index contributed by atoms with van der Waals surface area (Å²) in [6.07, 6.45) is 0. The number of para-hydroxylation sites is 2. The first-order chi connectivity index (χ1) is 10.2. The quantitative estimate of drug-likeness (QED) is 0.722. The highest BCUT2D eigenvalue weighted by atomic mass is 16.5. The van der Waals surface area contributed by atoms with Gasteiger partial charge in [0.2, 0.25) is 0 Å². The number of hydrogen-bond donors (Lipinski definition) is 2. The van der Waals surface area contributed by atoms with Crippen LogP contribution < -0.4 is 5.73 Å². The van der Waals surface area contributed by atoms with E-state index in [1.807, 2.05) is 28.8 Å². The number of nitrogens with zero attached hydrogens (tertiary/aromatic N) is 2. The van der Waals surface area contributed by atoms with Crippen LogP contribution in [0.5, 0.6) is 5.75 Å². The molecule has 0 atom stereocenters. The van der Waals surface area contributed by atoms with Crippen LogP contribution in [0.2, 0.25) is 0 Å². The van der Waals surface area contributed by atoms with Crippen LogP contribution in [-0.4, -0.2) is 28.4 Å². The Labute approximate surface area is 122 Å². The molecular formula is C16H17N3O2. The van der Waals surface area contributed by atoms with Gasteiger partial charge in [0.15, 0.2) is 0 Å². The van der Waals surface area contributed by atoms with Crippen LogP contribution in [0.15, 0.2) is 42.5 Å². The molecule has 1 heterocycles. The molecule has 3 aromatic rings. The van der Waals surface area contributed by atoms with Gasteiger partial charge in [0.05, 0.1) is 23.2 Å². The van der Waals surface area contributed by atoms with Crippen molar-refractivity contribution >= 4 is 16.7 Å². The van der Waals surface area contributed by atoms with Crippen molar-refractivity contribution in [1.29, 1.82) is 0 Å². The predicted molar refractivity (Wildman–Crippen MR) is 83.1 cm³/mol. The Bertz CT molecular complexity index is 780. The summed E-state index contributed by atoms with van der Waals surface area (Å²) >= 11 is 0. The van der Waals surface area contributed by atoms with Gasteiger partial charge in [-0.3, -0.25) is 0 Å². The van der Waals surface area contributed by atoms with Gasteiger partial charge in [0, 0.05) is 25.4 Å². The molecule has 108 valence electrons. The lowest BCUT2D eigenvalue weighted by Gasteiger charge is -2.10. The molecule has 1 aromatic heterocycles. The van der Waals surface area contributed by atoms with Crippen LogP contribution in [0.3, 0.4) is 0 Å². The highest BCUT2D eigenvalue weighted by Crippen LogP contribution is 2.32. The van der Waals surface area contributed by atoms with Crippen LogP contribution in [0.25, 0.3) is 22.4 Å². The Hall–Kier alpha value is -2.53. The molecule has 5 heteroatoms. The molecule has 0 saturated heterocycles. The zero-order valence-corrected chi connectivity index (χ0v) is 11.8. The maximum absolute atomic E-state index is 10.2. The number of phenolic OH excluding ortho intramolecular Hbond substituents is 1. The van der Waals surface area contributed by atoms with Gasteiger partial charge >= 0.3 is 0 Å². The number of phenols is 1. The van der Waals surface area contributed by atoms with Crippen molar-refractivity contribution in [2.75, 3.05) is 19.5 Å². The van der Waals surface area contributed by atoms with E-state index < -0.39 is 0 Å². The van der Waals surface area contributed by atoms with Gasteiger partial charge < -0.3 is 20.1 Å². The number of anilines is 1. The highest BCUT2D eigenvalue weighted by Gasteiger charge is 2.15. The van der Waals surface area contributed by atoms with E-state index in [4.69, 9.17) is 10.5 Å². The lowest BCUT2D eigenvalue weighted by Crippen LogP contribution is -2.06. The second-order valence-electron chi connectivity index (χ2n) is 4.85. The molecule has 5 nitrogen and oxygen atoms in total. The summed E-state index contributed by atoms with van der Waals surface area (Å²) in [5.74, 6) is 0.842. The standard InChI is InChI=1S/C16H17N3O2/c1-21-9-8-19-14-5-3-2-4-13(14)18-16(19)12-7-6-11(17)10-15(12)20/h2-7,10,20H,8-9,17H2,1H3. The third kappa shape index (κ3) is 2.43. The van der Waals surface area contributed by atoms with Gasteiger partial charge in [-0.1, -0.05) is 12.1 Å². The van der Waals surface area contributed by atoms with E-state index in [0.717, 1.165) is 11.0 Å². The van der Waals surface area contributed by atoms with E-state index in [1.54, 1.807) is 19.2 Å². The summed E-state index contributed by atoms with van der Waals surface area (Å²) < 4.78 is 7.22. The van der Waals surface area contributed by atoms with Crippen molar-refractivity contribution in [2.45, 2.75) is 6.54 Å². The molecule has 3 rings (SSSR count). The Morgan fingerprint density at radius 3 is 2.81 bits per heavy atom. The second-order valence-corrected chi connectivity index (χ2v) is 4.85. The third-order valence-corrected chi connectivity index (χ3v) is 3.44. The van der Waals surface area contributed by atoms with Gasteiger partial charge in [0.25, 0.3) is 0 Å². The Kier molecular flexibility index (Phi) is 3.50. The van der Waals surface area contributed by atoms with Crippen LogP contribution in [0.1, 0.15) is 0 Å². The molecule has 0 fully saturated rings. The summed E-state index contributed by atoms with van der Waals surface area (Å²) in [7, 11) is 1.67. The van der Waals surface area contributed by atoms with Gasteiger partial charge in [-0.05, 0) is 24.3 Å². The smallest absolute Gasteiger partial charge is 0.144 e. The lowest BCUT2D eigenvalue weighted by atomic mass is 10.1. The van der Waals surface area contributed by atoms with Crippen LogP contribution in [-0.2, 0) is 11.3 Å². The van der Waals surface area contributed by atoms with E-state index in [2.05, 4.69) is 4.98 Å². The number of rotatable bonds is 4. The number of aromatic nitrogens is 2. The number of nitrogens with two attached hydrogens (primary N) is 1. The van der Waals surface area contributed by atoms with E-state index in [9.17, 15) is 5.11 Å². The Morgan fingerprint density at radius 1 is 1.24 bits per heavy atom. The molecule has 0 aliphatic carbocycles. The lowest BCUT2D eigenvalue weighted by molar-refractivity contribution is 0.188. The summed E-state index contributed by atoms with van der Waals surface area (Å²) in [4.78, 5) is 4.63. The van der Waals surface area contributed by atoms with Gasteiger partial charge in [-0.25, -0.2) is 4.98 Å². The zero-order valence-electron chi connectivity index (χ0n) is 11.8. The predicted octanol–water partition coefficient (Wildman–Crippen LogP) is 2.64. The molecular weight excluding hydrogens is 266 g/mol. The first-order valence-electron chi connectivity index (χ1n) is 6.74. The summed E-state index contributed by atoms with van der Waals surface area (Å²) in [6.45, 7) is 1.24. The SMILES string of the molecule is COCCn1c(-c2ccc(N)cc2O)nc2ccccc21. The van der Waals surface area contributed by atoms with Crippen molar-refractivity contribution in [2.24, 2.45) is 0 Å². The zero-order chi connectivity index (χ0) is 14.8. The average molecular weight is 283 g/mol. The fourth-order valence-corrected chi connectivity index (χ4v) is 2.43. The Balaban J connectivity index is 2.20. The molecule has 21 heavy (non-hydrogen) atoms. The van der Waals surface area contributed by atoms with Gasteiger partial charge in [-0.15, -0.1) is 0 Å². The van der Waals surface area contributed by atoms with E-state index >= 15 is 0 Å².